The highest BCUT2D eigenvalue weighted by Crippen LogP contribution is 2.11. The van der Waals surface area contributed by atoms with E-state index < -0.39 is 12.1 Å². The molecular weight excluding hydrogens is 853 g/mol. The second-order valence-corrected chi connectivity index (χ2v) is 16.2. The van der Waals surface area contributed by atoms with Crippen molar-refractivity contribution >= 4 is 17.9 Å². The molecule has 0 saturated heterocycles. The summed E-state index contributed by atoms with van der Waals surface area (Å²) in [6.07, 6.45) is 84.2. The van der Waals surface area contributed by atoms with Gasteiger partial charge in [-0.3, -0.25) is 14.4 Å². The van der Waals surface area contributed by atoms with Gasteiger partial charge in [0.25, 0.3) is 0 Å². The average Bonchev–Trinajstić information content (AvgIpc) is 3.35. The maximum absolute atomic E-state index is 12.8. The fourth-order valence-corrected chi connectivity index (χ4v) is 6.04. The Kier molecular flexibility index (Phi) is 50.3. The third kappa shape index (κ3) is 53.1. The first-order valence-corrected chi connectivity index (χ1v) is 26.1. The minimum atomic E-state index is -0.859. The number of hydrogen-bond acceptors (Lipinski definition) is 6. The summed E-state index contributed by atoms with van der Waals surface area (Å²) in [5.41, 5.74) is 0. The Hall–Kier alpha value is -5.75. The predicted octanol–water partition coefficient (Wildman–Crippen LogP) is 17.5. The number of carbonyl (C=O) groups excluding carboxylic acids is 3. The minimum absolute atomic E-state index is 0.146. The Balaban J connectivity index is 4.69. The van der Waals surface area contributed by atoms with Crippen LogP contribution >= 0.6 is 0 Å². The second kappa shape index (κ2) is 54.9. The van der Waals surface area contributed by atoms with E-state index >= 15 is 0 Å². The van der Waals surface area contributed by atoms with E-state index in [1.165, 1.54) is 0 Å². The molecule has 1 unspecified atom stereocenters. The smallest absolute Gasteiger partial charge is 0.306 e. The van der Waals surface area contributed by atoms with Crippen molar-refractivity contribution in [3.63, 3.8) is 0 Å². The molecule has 6 heteroatoms. The van der Waals surface area contributed by atoms with Gasteiger partial charge in [-0.2, -0.15) is 0 Å². The van der Waals surface area contributed by atoms with Gasteiger partial charge >= 0.3 is 17.9 Å². The van der Waals surface area contributed by atoms with Gasteiger partial charge < -0.3 is 14.2 Å². The number of ether oxygens (including phenoxy) is 3. The van der Waals surface area contributed by atoms with Crippen LogP contribution in [-0.4, -0.2) is 37.2 Å². The first-order chi connectivity index (χ1) is 34.0. The van der Waals surface area contributed by atoms with Crippen LogP contribution in [0.1, 0.15) is 162 Å². The summed E-state index contributed by atoms with van der Waals surface area (Å²) in [6.45, 7) is 6.08. The van der Waals surface area contributed by atoms with Gasteiger partial charge in [0, 0.05) is 19.3 Å². The predicted molar refractivity (Wildman–Crippen MR) is 297 cm³/mol. The number of carbonyl (C=O) groups is 3. The summed E-state index contributed by atoms with van der Waals surface area (Å²) in [5.74, 6) is -1.12. The van der Waals surface area contributed by atoms with Gasteiger partial charge in [-0.15, -0.1) is 0 Å². The fourth-order valence-electron chi connectivity index (χ4n) is 6.04. The number of unbranched alkanes of at least 4 members (excludes halogenated alkanes) is 8. The van der Waals surface area contributed by atoms with E-state index in [2.05, 4.69) is 124 Å². The van der Waals surface area contributed by atoms with Crippen molar-refractivity contribution in [3.8, 4) is 0 Å². The van der Waals surface area contributed by atoms with Crippen molar-refractivity contribution in [3.05, 3.63) is 194 Å². The van der Waals surface area contributed by atoms with Gasteiger partial charge in [0.05, 0.1) is 0 Å². The van der Waals surface area contributed by atoms with Gasteiger partial charge in [-0.25, -0.2) is 0 Å². The Morgan fingerprint density at radius 3 is 1.03 bits per heavy atom. The standard InChI is InChI=1S/C63H90O6/c1-4-7-10-13-16-19-22-25-27-29-31-33-35-38-41-44-47-50-53-56-62(65)68-59-60(58-67-61(64)55-52-49-46-43-40-37-24-21-18-15-12-9-6-3)69-63(66)57-54-51-48-45-42-39-36-34-32-30-28-26-23-20-17-14-11-8-5-2/h7-13,15-22,24-29,31-35,38-39,41-42,48,51,60H,4-6,14,23,30,36-37,40,43-47,49-50,52-59H2,1-3H3/b10-7-,11-8-,12-9-,16-13-,18-15-,20-17-,22-19-,24-21-,27-25-,28-26-,31-29+,34-32-,35-33-,41-38-,42-39-,51-48-. The summed E-state index contributed by atoms with van der Waals surface area (Å²) in [7, 11) is 0. The van der Waals surface area contributed by atoms with Crippen LogP contribution in [0, 0.1) is 0 Å². The van der Waals surface area contributed by atoms with E-state index in [4.69, 9.17) is 14.2 Å². The molecule has 0 fully saturated rings. The van der Waals surface area contributed by atoms with Crippen molar-refractivity contribution in [1.29, 1.82) is 0 Å². The zero-order valence-corrected chi connectivity index (χ0v) is 43.0. The molecule has 0 aromatic carbocycles. The largest absolute Gasteiger partial charge is 0.462 e. The molecular formula is C63H90O6. The van der Waals surface area contributed by atoms with Crippen LogP contribution in [0.3, 0.4) is 0 Å². The minimum Gasteiger partial charge on any atom is -0.462 e. The highest BCUT2D eigenvalue weighted by atomic mass is 16.6. The van der Waals surface area contributed by atoms with Crippen LogP contribution in [0.5, 0.6) is 0 Å². The van der Waals surface area contributed by atoms with Crippen LogP contribution in [0.2, 0.25) is 0 Å². The first-order valence-electron chi connectivity index (χ1n) is 26.1. The molecule has 0 aromatic heterocycles. The zero-order valence-electron chi connectivity index (χ0n) is 43.0. The molecule has 1 atom stereocenters. The summed E-state index contributed by atoms with van der Waals surface area (Å²) in [6, 6.07) is 0. The molecule has 0 N–H and O–H groups in total. The van der Waals surface area contributed by atoms with Crippen LogP contribution in [0.25, 0.3) is 0 Å². The number of allylic oxidation sites excluding steroid dienone is 32. The molecule has 0 saturated carbocycles. The van der Waals surface area contributed by atoms with E-state index in [1.807, 2.05) is 91.1 Å². The van der Waals surface area contributed by atoms with Crippen molar-refractivity contribution in [2.45, 2.75) is 168 Å². The lowest BCUT2D eigenvalue weighted by molar-refractivity contribution is -0.166. The Bertz CT molecular complexity index is 1750. The maximum Gasteiger partial charge on any atom is 0.306 e. The average molecular weight is 943 g/mol. The lowest BCUT2D eigenvalue weighted by Gasteiger charge is -2.18. The van der Waals surface area contributed by atoms with Gasteiger partial charge in [-0.05, 0) is 96.3 Å². The number of rotatable bonds is 43. The number of hydrogen-bond donors (Lipinski definition) is 0. The van der Waals surface area contributed by atoms with Crippen molar-refractivity contribution < 1.29 is 28.6 Å². The summed E-state index contributed by atoms with van der Waals surface area (Å²) >= 11 is 0. The third-order valence-corrected chi connectivity index (χ3v) is 9.84. The highest BCUT2D eigenvalue weighted by molar-refractivity contribution is 5.71. The molecule has 0 bridgehead atoms. The van der Waals surface area contributed by atoms with Crippen molar-refractivity contribution in [1.82, 2.24) is 0 Å². The lowest BCUT2D eigenvalue weighted by Crippen LogP contribution is -2.30. The van der Waals surface area contributed by atoms with E-state index in [-0.39, 0.29) is 38.0 Å². The molecule has 0 radical (unpaired) electrons. The molecule has 0 heterocycles. The summed E-state index contributed by atoms with van der Waals surface area (Å²) in [4.78, 5) is 38.0. The van der Waals surface area contributed by atoms with E-state index in [0.717, 1.165) is 109 Å². The van der Waals surface area contributed by atoms with Crippen molar-refractivity contribution in [2.75, 3.05) is 13.2 Å². The second-order valence-electron chi connectivity index (χ2n) is 16.2. The molecule has 378 valence electrons. The molecule has 0 rings (SSSR count). The van der Waals surface area contributed by atoms with Gasteiger partial charge in [0.1, 0.15) is 13.2 Å². The number of esters is 3. The van der Waals surface area contributed by atoms with Gasteiger partial charge in [0.2, 0.25) is 0 Å². The Morgan fingerprint density at radius 2 is 0.623 bits per heavy atom. The van der Waals surface area contributed by atoms with Crippen LogP contribution < -0.4 is 0 Å². The Morgan fingerprint density at radius 1 is 0.304 bits per heavy atom. The fraction of sp³-hybridized carbons (Fsp3) is 0.444. The molecule has 6 nitrogen and oxygen atoms in total. The van der Waals surface area contributed by atoms with E-state index in [9.17, 15) is 14.4 Å². The first kappa shape index (κ1) is 63.2. The van der Waals surface area contributed by atoms with E-state index in [1.54, 1.807) is 0 Å². The monoisotopic (exact) mass is 943 g/mol. The third-order valence-electron chi connectivity index (χ3n) is 9.84. The topological polar surface area (TPSA) is 78.9 Å². The molecule has 0 spiro atoms. The normalized spacial score (nSPS) is 13.7. The van der Waals surface area contributed by atoms with Gasteiger partial charge in [0.15, 0.2) is 6.10 Å². The van der Waals surface area contributed by atoms with Crippen molar-refractivity contribution in [2.24, 2.45) is 0 Å². The summed E-state index contributed by atoms with van der Waals surface area (Å²) in [5, 5.41) is 0. The van der Waals surface area contributed by atoms with Crippen LogP contribution in [-0.2, 0) is 28.6 Å². The molecule has 0 aromatic rings. The van der Waals surface area contributed by atoms with E-state index in [0.29, 0.717) is 19.3 Å². The highest BCUT2D eigenvalue weighted by Gasteiger charge is 2.19. The lowest BCUT2D eigenvalue weighted by atomic mass is 10.1. The Labute approximate surface area is 420 Å². The quantitative estimate of drug-likeness (QED) is 0.0199. The van der Waals surface area contributed by atoms with Gasteiger partial charge in [-0.1, -0.05) is 241 Å². The molecule has 0 aliphatic rings. The van der Waals surface area contributed by atoms with Crippen LogP contribution in [0.15, 0.2) is 194 Å². The molecule has 0 amide bonds. The SMILES string of the molecule is CC\C=C/C=C\C=C/C=C\C=C\C=C/C=C\CCCCCC(=O)OCC(COC(=O)CCCCCCC\C=C/C=C\C=C/CC)OC(=O)CC/C=C\C/C=C\C/C=C\C/C=C\C/C=C\C/C=C\CC. The molecule has 69 heavy (non-hydrogen) atoms. The zero-order chi connectivity index (χ0) is 50.0. The maximum atomic E-state index is 12.8. The van der Waals surface area contributed by atoms with Crippen LogP contribution in [0.4, 0.5) is 0 Å². The molecule has 0 aliphatic carbocycles. The molecule has 0 aliphatic heterocycles. The summed E-state index contributed by atoms with van der Waals surface area (Å²) < 4.78 is 16.7.